The van der Waals surface area contributed by atoms with Crippen LogP contribution in [-0.4, -0.2) is 54.6 Å². The van der Waals surface area contributed by atoms with E-state index in [0.717, 1.165) is 0 Å². The summed E-state index contributed by atoms with van der Waals surface area (Å²) in [6.07, 6.45) is 0.629. The first kappa shape index (κ1) is 34.3. The Labute approximate surface area is 268 Å². The van der Waals surface area contributed by atoms with Crippen molar-refractivity contribution in [3.05, 3.63) is 91.0 Å². The van der Waals surface area contributed by atoms with Crippen molar-refractivity contribution < 1.29 is 33.1 Å². The van der Waals surface area contributed by atoms with Gasteiger partial charge < -0.3 is 25.8 Å². The van der Waals surface area contributed by atoms with Crippen LogP contribution >= 0.6 is 7.37 Å². The quantitative estimate of drug-likeness (QED) is 0.155. The maximum Gasteiger partial charge on any atom is 0.313 e. The third-order valence-corrected chi connectivity index (χ3v) is 9.98. The van der Waals surface area contributed by atoms with Crippen molar-refractivity contribution in [1.82, 2.24) is 16.0 Å². The highest BCUT2D eigenvalue weighted by molar-refractivity contribution is 7.74. The van der Waals surface area contributed by atoms with Crippen LogP contribution in [0.1, 0.15) is 33.1 Å². The lowest BCUT2D eigenvalue weighted by Crippen LogP contribution is -2.54. The van der Waals surface area contributed by atoms with Gasteiger partial charge in [0.25, 0.3) is 7.37 Å². The zero-order valence-corrected chi connectivity index (χ0v) is 26.7. The molecule has 4 N–H and O–H groups in total. The first-order valence-corrected chi connectivity index (χ1v) is 16.8. The number of Topliss-reactive ketones (excluding diaryl/α,β-unsaturated/α-hetero) is 1. The molecule has 242 valence electrons. The molecule has 1 aliphatic heterocycles. The number of amides is 4. The molecule has 12 heteroatoms. The molecule has 1 aliphatic rings. The molecule has 0 unspecified atom stereocenters. The lowest BCUT2D eigenvalue weighted by molar-refractivity contribution is -0.138. The first-order chi connectivity index (χ1) is 22.1. The maximum absolute atomic E-state index is 14.3. The molecule has 0 aliphatic carbocycles. The van der Waals surface area contributed by atoms with E-state index in [2.05, 4.69) is 21.3 Å². The standard InChI is InChI=1S/C34H39N4O7P/c1-23(2)20-29(38-34(43)33(42)36-25-12-6-3-7-13-25)32(41)37-28(21-24-18-19-35-31(24)40)30(39)22-45-46(44,26-14-8-4-9-15-26)27-16-10-5-11-17-27/h3-17,23-24,28-29H,18-22H2,1-2H3,(H,35,40)(H,36,42)(H,37,41)(H,38,43)/t24-,28-,29-/m0/s1. The number of carbonyl (C=O) groups is 5. The molecule has 1 heterocycles. The van der Waals surface area contributed by atoms with E-state index in [1.807, 2.05) is 13.8 Å². The van der Waals surface area contributed by atoms with Gasteiger partial charge in [-0.1, -0.05) is 68.4 Å². The predicted molar refractivity (Wildman–Crippen MR) is 175 cm³/mol. The number of carbonyl (C=O) groups excluding carboxylic acids is 5. The highest BCUT2D eigenvalue weighted by atomic mass is 31.2. The first-order valence-electron chi connectivity index (χ1n) is 15.2. The smallest absolute Gasteiger partial charge is 0.313 e. The number of para-hydroxylation sites is 1. The number of benzene rings is 3. The van der Waals surface area contributed by atoms with Gasteiger partial charge in [-0.25, -0.2) is 0 Å². The van der Waals surface area contributed by atoms with Gasteiger partial charge in [-0.15, -0.1) is 0 Å². The average Bonchev–Trinajstić information content (AvgIpc) is 3.47. The molecule has 0 bridgehead atoms. The maximum atomic E-state index is 14.3. The molecule has 0 spiro atoms. The van der Waals surface area contributed by atoms with Gasteiger partial charge in [0.05, 0.1) is 6.04 Å². The van der Waals surface area contributed by atoms with Gasteiger partial charge in [-0.05, 0) is 61.6 Å². The summed E-state index contributed by atoms with van der Waals surface area (Å²) in [4.78, 5) is 65.1. The molecule has 3 aromatic rings. The van der Waals surface area contributed by atoms with E-state index in [1.165, 1.54) is 0 Å². The van der Waals surface area contributed by atoms with E-state index in [4.69, 9.17) is 4.52 Å². The number of hydrogen-bond donors (Lipinski definition) is 4. The van der Waals surface area contributed by atoms with Crippen molar-refractivity contribution in [2.24, 2.45) is 11.8 Å². The fourth-order valence-corrected chi connectivity index (χ4v) is 7.17. The minimum atomic E-state index is -3.71. The van der Waals surface area contributed by atoms with Crippen molar-refractivity contribution in [3.8, 4) is 0 Å². The number of hydrogen-bond acceptors (Lipinski definition) is 7. The lowest BCUT2D eigenvalue weighted by Gasteiger charge is -2.26. The number of nitrogens with one attached hydrogen (secondary N) is 4. The van der Waals surface area contributed by atoms with Gasteiger partial charge in [0.1, 0.15) is 12.6 Å². The summed E-state index contributed by atoms with van der Waals surface area (Å²) in [5, 5.41) is 11.2. The third-order valence-electron chi connectivity index (χ3n) is 7.54. The van der Waals surface area contributed by atoms with E-state index >= 15 is 0 Å². The van der Waals surface area contributed by atoms with Crippen LogP contribution in [-0.2, 0) is 33.1 Å². The molecular weight excluding hydrogens is 607 g/mol. The van der Waals surface area contributed by atoms with Gasteiger partial charge in [0.2, 0.25) is 11.8 Å². The summed E-state index contributed by atoms with van der Waals surface area (Å²) in [5.41, 5.74) is 0.413. The van der Waals surface area contributed by atoms with Gasteiger partial charge in [-0.2, -0.15) is 0 Å². The van der Waals surface area contributed by atoms with Gasteiger partial charge in [0.15, 0.2) is 5.78 Å². The zero-order valence-electron chi connectivity index (χ0n) is 25.8. The highest BCUT2D eigenvalue weighted by Gasteiger charge is 2.36. The average molecular weight is 647 g/mol. The summed E-state index contributed by atoms with van der Waals surface area (Å²) in [5.74, 6) is -4.09. The number of anilines is 1. The lowest BCUT2D eigenvalue weighted by atomic mass is 9.95. The second-order valence-electron chi connectivity index (χ2n) is 11.5. The van der Waals surface area contributed by atoms with E-state index in [1.54, 1.807) is 91.0 Å². The molecule has 0 radical (unpaired) electrons. The van der Waals surface area contributed by atoms with E-state index < -0.39 is 55.5 Å². The number of rotatable bonds is 14. The Hall–Kier alpha value is -4.60. The summed E-state index contributed by atoms with van der Waals surface area (Å²) in [7, 11) is -3.71. The molecule has 4 amide bonds. The monoisotopic (exact) mass is 646 g/mol. The summed E-state index contributed by atoms with van der Waals surface area (Å²) < 4.78 is 20.2. The Morgan fingerprint density at radius 2 is 1.39 bits per heavy atom. The zero-order chi connectivity index (χ0) is 33.1. The van der Waals surface area contributed by atoms with Crippen LogP contribution in [0.15, 0.2) is 91.0 Å². The van der Waals surface area contributed by atoms with Crippen LogP contribution in [0.25, 0.3) is 0 Å². The van der Waals surface area contributed by atoms with E-state index in [0.29, 0.717) is 29.3 Å². The Kier molecular flexibility index (Phi) is 12.0. The normalized spacial score (nSPS) is 15.8. The fourth-order valence-electron chi connectivity index (χ4n) is 5.14. The van der Waals surface area contributed by atoms with Crippen molar-refractivity contribution in [2.45, 2.75) is 45.2 Å². The second-order valence-corrected chi connectivity index (χ2v) is 13.9. The van der Waals surface area contributed by atoms with E-state index in [9.17, 15) is 28.5 Å². The third kappa shape index (κ3) is 9.22. The fraction of sp³-hybridized carbons (Fsp3) is 0.324. The van der Waals surface area contributed by atoms with Crippen LogP contribution in [0.5, 0.6) is 0 Å². The van der Waals surface area contributed by atoms with Gasteiger partial charge in [-0.3, -0.25) is 28.5 Å². The van der Waals surface area contributed by atoms with E-state index in [-0.39, 0.29) is 24.7 Å². The predicted octanol–water partition coefficient (Wildman–Crippen LogP) is 2.68. The topological polar surface area (TPSA) is 160 Å². The van der Waals surface area contributed by atoms with Crippen molar-refractivity contribution in [2.75, 3.05) is 18.5 Å². The molecule has 4 rings (SSSR count). The molecule has 3 atom stereocenters. The Morgan fingerprint density at radius 1 is 0.826 bits per heavy atom. The largest absolute Gasteiger partial charge is 0.356 e. The van der Waals surface area contributed by atoms with Gasteiger partial charge in [0, 0.05) is 28.8 Å². The Bertz CT molecular complexity index is 1520. The molecule has 1 fully saturated rings. The Balaban J connectivity index is 1.52. The Morgan fingerprint density at radius 3 is 1.91 bits per heavy atom. The van der Waals surface area contributed by atoms with Gasteiger partial charge >= 0.3 is 11.8 Å². The summed E-state index contributed by atoms with van der Waals surface area (Å²) >= 11 is 0. The van der Waals surface area contributed by atoms with Crippen LogP contribution < -0.4 is 31.9 Å². The van der Waals surface area contributed by atoms with Crippen molar-refractivity contribution >= 4 is 53.1 Å². The molecule has 1 saturated heterocycles. The molecule has 0 aromatic heterocycles. The molecule has 0 saturated carbocycles. The second kappa shape index (κ2) is 16.1. The van der Waals surface area contributed by atoms with Crippen LogP contribution in [0.2, 0.25) is 0 Å². The summed E-state index contributed by atoms with van der Waals surface area (Å²) in [6, 6.07) is 23.2. The van der Waals surface area contributed by atoms with Crippen molar-refractivity contribution in [3.63, 3.8) is 0 Å². The van der Waals surface area contributed by atoms with Crippen LogP contribution in [0.3, 0.4) is 0 Å². The molecule has 46 heavy (non-hydrogen) atoms. The van der Waals surface area contributed by atoms with Crippen molar-refractivity contribution in [1.29, 1.82) is 0 Å². The minimum Gasteiger partial charge on any atom is -0.356 e. The van der Waals surface area contributed by atoms with Crippen LogP contribution in [0, 0.1) is 11.8 Å². The highest BCUT2D eigenvalue weighted by Crippen LogP contribution is 2.44. The summed E-state index contributed by atoms with van der Waals surface area (Å²) in [6.45, 7) is 3.52. The SMILES string of the molecule is CC(C)C[C@H](NC(=O)C(=O)Nc1ccccc1)C(=O)N[C@@H](C[C@@H]1CCNC1=O)C(=O)COP(=O)(c1ccccc1)c1ccccc1. The minimum absolute atomic E-state index is 0.0163. The molecule has 11 nitrogen and oxygen atoms in total. The molecular formula is C34H39N4O7P. The van der Waals surface area contributed by atoms with Crippen LogP contribution in [0.4, 0.5) is 5.69 Å². The number of ketones is 1. The molecule has 3 aromatic carbocycles.